The Bertz CT molecular complexity index is 1290. The normalized spacial score (nSPS) is 10.9. The minimum absolute atomic E-state index is 0.00570. The summed E-state index contributed by atoms with van der Waals surface area (Å²) in [5, 5.41) is 18.2. The third kappa shape index (κ3) is 4.55. The van der Waals surface area contributed by atoms with E-state index >= 15 is 0 Å². The molecule has 0 saturated heterocycles. The summed E-state index contributed by atoms with van der Waals surface area (Å²) in [7, 11) is 0. The maximum absolute atomic E-state index is 12.7. The molecule has 0 atom stereocenters. The first kappa shape index (κ1) is 21.3. The SMILES string of the molecule is N=C(N)c1ccc(-c2[nH]c3cc(C(=N)N)ccc3c2CC(=O)OCCc2cccs2)cc1. The summed E-state index contributed by atoms with van der Waals surface area (Å²) < 4.78 is 5.50. The van der Waals surface area contributed by atoms with Crippen LogP contribution in [0, 0.1) is 10.8 Å². The van der Waals surface area contributed by atoms with Gasteiger partial charge in [-0.2, -0.15) is 0 Å². The van der Waals surface area contributed by atoms with Gasteiger partial charge in [-0.1, -0.05) is 42.5 Å². The van der Waals surface area contributed by atoms with Crippen molar-refractivity contribution < 1.29 is 9.53 Å². The van der Waals surface area contributed by atoms with E-state index in [9.17, 15) is 4.79 Å². The number of fused-ring (bicyclic) bond motifs is 1. The number of amidine groups is 2. The maximum Gasteiger partial charge on any atom is 0.310 e. The lowest BCUT2D eigenvalue weighted by molar-refractivity contribution is -0.142. The van der Waals surface area contributed by atoms with Crippen molar-refractivity contribution in [3.63, 3.8) is 0 Å². The smallest absolute Gasteiger partial charge is 0.310 e. The highest BCUT2D eigenvalue weighted by Gasteiger charge is 2.18. The number of nitrogens with one attached hydrogen (secondary N) is 3. The third-order valence-electron chi connectivity index (χ3n) is 5.21. The van der Waals surface area contributed by atoms with Gasteiger partial charge in [0.05, 0.1) is 18.7 Å². The first-order valence-corrected chi connectivity index (χ1v) is 10.9. The number of H-pyrrole nitrogens is 1. The lowest BCUT2D eigenvalue weighted by Gasteiger charge is -2.07. The number of hydrogen-bond acceptors (Lipinski definition) is 5. The fraction of sp³-hybridized carbons (Fsp3) is 0.125. The molecule has 0 saturated carbocycles. The van der Waals surface area contributed by atoms with E-state index in [0.29, 0.717) is 24.2 Å². The van der Waals surface area contributed by atoms with Gasteiger partial charge in [-0.3, -0.25) is 15.6 Å². The Balaban J connectivity index is 1.64. The van der Waals surface area contributed by atoms with Crippen LogP contribution in [0.15, 0.2) is 60.0 Å². The number of nitrogen functional groups attached to an aromatic ring is 2. The number of thiophene rings is 1. The van der Waals surface area contributed by atoms with Crippen LogP contribution >= 0.6 is 11.3 Å². The summed E-state index contributed by atoms with van der Waals surface area (Å²) in [5.74, 6) is -0.336. The van der Waals surface area contributed by atoms with Crippen LogP contribution in [0.2, 0.25) is 0 Å². The molecule has 162 valence electrons. The molecule has 0 fully saturated rings. The summed E-state index contributed by atoms with van der Waals surface area (Å²) in [4.78, 5) is 17.2. The number of carbonyl (C=O) groups excluding carboxylic acids is 1. The molecule has 0 radical (unpaired) electrons. The second kappa shape index (κ2) is 9.07. The number of ether oxygens (including phenoxy) is 1. The van der Waals surface area contributed by atoms with Crippen LogP contribution in [0.3, 0.4) is 0 Å². The van der Waals surface area contributed by atoms with Crippen molar-refractivity contribution in [2.75, 3.05) is 6.61 Å². The highest BCUT2D eigenvalue weighted by Crippen LogP contribution is 2.32. The van der Waals surface area contributed by atoms with Gasteiger partial charge in [0.1, 0.15) is 11.7 Å². The molecule has 2 aromatic heterocycles. The Morgan fingerprint density at radius 3 is 2.38 bits per heavy atom. The standard InChI is InChI=1S/C24H23N5O2S/c25-23(26)15-5-3-14(4-6-15)22-19(13-21(30)31-10-9-17-2-1-11-32-17)18-8-7-16(24(27)28)12-20(18)29-22/h1-8,11-12,29H,9-10,13H2,(H3,25,26)(H3,27,28). The van der Waals surface area contributed by atoms with Crippen LogP contribution in [0.1, 0.15) is 21.6 Å². The van der Waals surface area contributed by atoms with Crippen molar-refractivity contribution in [2.24, 2.45) is 11.5 Å². The third-order valence-corrected chi connectivity index (χ3v) is 6.15. The van der Waals surface area contributed by atoms with Crippen LogP contribution in [-0.2, 0) is 22.4 Å². The average Bonchev–Trinajstić information content (AvgIpc) is 3.41. The molecule has 0 aliphatic carbocycles. The van der Waals surface area contributed by atoms with E-state index in [1.54, 1.807) is 35.6 Å². The summed E-state index contributed by atoms with van der Waals surface area (Å²) in [6.07, 6.45) is 0.798. The van der Waals surface area contributed by atoms with Crippen molar-refractivity contribution in [2.45, 2.75) is 12.8 Å². The molecule has 32 heavy (non-hydrogen) atoms. The van der Waals surface area contributed by atoms with E-state index in [1.807, 2.05) is 35.7 Å². The van der Waals surface area contributed by atoms with Gasteiger partial charge >= 0.3 is 5.97 Å². The first-order chi connectivity index (χ1) is 15.4. The van der Waals surface area contributed by atoms with Crippen molar-refractivity contribution in [3.8, 4) is 11.3 Å². The highest BCUT2D eigenvalue weighted by molar-refractivity contribution is 7.09. The summed E-state index contributed by atoms with van der Waals surface area (Å²) in [5.41, 5.74) is 15.7. The predicted molar refractivity (Wildman–Crippen MR) is 128 cm³/mol. The monoisotopic (exact) mass is 445 g/mol. The number of benzene rings is 2. The molecule has 4 aromatic rings. The molecular weight excluding hydrogens is 422 g/mol. The molecule has 0 bridgehead atoms. The highest BCUT2D eigenvalue weighted by atomic mass is 32.1. The van der Waals surface area contributed by atoms with Gasteiger partial charge in [-0.15, -0.1) is 11.3 Å². The number of rotatable bonds is 8. The van der Waals surface area contributed by atoms with E-state index in [-0.39, 0.29) is 24.1 Å². The molecule has 8 heteroatoms. The van der Waals surface area contributed by atoms with Crippen LogP contribution in [-0.4, -0.2) is 29.2 Å². The van der Waals surface area contributed by atoms with E-state index in [2.05, 4.69) is 4.98 Å². The zero-order valence-corrected chi connectivity index (χ0v) is 18.1. The topological polar surface area (TPSA) is 142 Å². The van der Waals surface area contributed by atoms with Crippen LogP contribution < -0.4 is 11.5 Å². The van der Waals surface area contributed by atoms with Crippen LogP contribution in [0.4, 0.5) is 0 Å². The Morgan fingerprint density at radius 1 is 1.00 bits per heavy atom. The fourth-order valence-corrected chi connectivity index (χ4v) is 4.28. The van der Waals surface area contributed by atoms with Gasteiger partial charge < -0.3 is 21.2 Å². The molecule has 0 aliphatic rings. The van der Waals surface area contributed by atoms with E-state index in [0.717, 1.165) is 27.7 Å². The van der Waals surface area contributed by atoms with Crippen molar-refractivity contribution in [1.82, 2.24) is 4.98 Å². The molecule has 2 aromatic carbocycles. The molecule has 2 heterocycles. The van der Waals surface area contributed by atoms with Crippen LogP contribution in [0.5, 0.6) is 0 Å². The molecule has 7 nitrogen and oxygen atoms in total. The Morgan fingerprint density at radius 2 is 1.72 bits per heavy atom. The van der Waals surface area contributed by atoms with Gasteiger partial charge in [0.2, 0.25) is 0 Å². The first-order valence-electron chi connectivity index (χ1n) is 10.0. The van der Waals surface area contributed by atoms with Crippen LogP contribution in [0.25, 0.3) is 22.2 Å². The second-order valence-electron chi connectivity index (χ2n) is 7.37. The summed E-state index contributed by atoms with van der Waals surface area (Å²) in [6, 6.07) is 16.7. The van der Waals surface area contributed by atoms with Crippen molar-refractivity contribution in [1.29, 1.82) is 10.8 Å². The lowest BCUT2D eigenvalue weighted by atomic mass is 10.0. The number of aromatic amines is 1. The zero-order valence-electron chi connectivity index (χ0n) is 17.3. The van der Waals surface area contributed by atoms with Gasteiger partial charge in [0.25, 0.3) is 0 Å². The molecule has 0 unspecified atom stereocenters. The number of hydrogen-bond donors (Lipinski definition) is 5. The fourth-order valence-electron chi connectivity index (χ4n) is 3.59. The summed E-state index contributed by atoms with van der Waals surface area (Å²) >= 11 is 1.64. The quantitative estimate of drug-likeness (QED) is 0.160. The minimum atomic E-state index is -0.306. The molecule has 0 amide bonds. The van der Waals surface area contributed by atoms with E-state index in [4.69, 9.17) is 27.0 Å². The number of aromatic nitrogens is 1. The zero-order chi connectivity index (χ0) is 22.7. The Kier molecular flexibility index (Phi) is 6.04. The number of esters is 1. The van der Waals surface area contributed by atoms with E-state index in [1.165, 1.54) is 4.88 Å². The second-order valence-corrected chi connectivity index (χ2v) is 8.40. The number of nitrogens with two attached hydrogens (primary N) is 2. The molecule has 0 aliphatic heterocycles. The van der Waals surface area contributed by atoms with Crippen molar-refractivity contribution in [3.05, 3.63) is 81.5 Å². The van der Waals surface area contributed by atoms with E-state index < -0.39 is 0 Å². The largest absolute Gasteiger partial charge is 0.465 e. The van der Waals surface area contributed by atoms with Gasteiger partial charge in [-0.25, -0.2) is 0 Å². The minimum Gasteiger partial charge on any atom is -0.465 e. The Hall–Kier alpha value is -3.91. The van der Waals surface area contributed by atoms with Crippen molar-refractivity contribution >= 4 is 39.9 Å². The van der Waals surface area contributed by atoms with Gasteiger partial charge in [-0.05, 0) is 28.6 Å². The molecule has 4 rings (SSSR count). The van der Waals surface area contributed by atoms with Gasteiger partial charge in [0, 0.05) is 33.3 Å². The lowest BCUT2D eigenvalue weighted by Crippen LogP contribution is -2.11. The van der Waals surface area contributed by atoms with Gasteiger partial charge in [0.15, 0.2) is 0 Å². The molecular formula is C24H23N5O2S. The molecule has 0 spiro atoms. The number of carbonyl (C=O) groups is 1. The predicted octanol–water partition coefficient (Wildman–Crippen LogP) is 3.79. The Labute approximate surface area is 189 Å². The average molecular weight is 446 g/mol. The summed E-state index contributed by atoms with van der Waals surface area (Å²) in [6.45, 7) is 0.332. The maximum atomic E-state index is 12.7. The molecule has 7 N–H and O–H groups in total.